The summed E-state index contributed by atoms with van der Waals surface area (Å²) in [6.07, 6.45) is 4.84. The molecular formula is C11H19N3S. The molecule has 3 nitrogen and oxygen atoms in total. The lowest BCUT2D eigenvalue weighted by Gasteiger charge is -2.10. The highest BCUT2D eigenvalue weighted by Crippen LogP contribution is 2.32. The summed E-state index contributed by atoms with van der Waals surface area (Å²) >= 11 is 1.66. The Labute approximate surface area is 95.1 Å². The minimum atomic E-state index is 0.428. The van der Waals surface area contributed by atoms with Crippen LogP contribution in [0.4, 0.5) is 0 Å². The van der Waals surface area contributed by atoms with E-state index in [4.69, 9.17) is 5.73 Å². The third-order valence-corrected chi connectivity index (χ3v) is 3.56. The van der Waals surface area contributed by atoms with Gasteiger partial charge in [0.05, 0.1) is 11.2 Å². The summed E-state index contributed by atoms with van der Waals surface area (Å²) < 4.78 is 0. The van der Waals surface area contributed by atoms with E-state index in [0.717, 1.165) is 31.8 Å². The van der Waals surface area contributed by atoms with Crippen LogP contribution in [0.2, 0.25) is 0 Å². The molecule has 1 aliphatic rings. The second-order valence-corrected chi connectivity index (χ2v) is 4.99. The smallest absolute Gasteiger partial charge is 0.0794 e. The van der Waals surface area contributed by atoms with Crippen molar-refractivity contribution in [3.63, 3.8) is 0 Å². The molecule has 1 atom stereocenters. The van der Waals surface area contributed by atoms with Crippen molar-refractivity contribution in [2.24, 2.45) is 11.7 Å². The van der Waals surface area contributed by atoms with Crippen LogP contribution in [0.5, 0.6) is 0 Å². The quantitative estimate of drug-likeness (QED) is 0.690. The first-order chi connectivity index (χ1) is 7.36. The van der Waals surface area contributed by atoms with Gasteiger partial charge in [-0.1, -0.05) is 0 Å². The maximum Gasteiger partial charge on any atom is 0.0794 e. The molecule has 0 amide bonds. The third kappa shape index (κ3) is 3.89. The van der Waals surface area contributed by atoms with Gasteiger partial charge in [0.2, 0.25) is 0 Å². The maximum absolute atomic E-state index is 6.01. The van der Waals surface area contributed by atoms with Gasteiger partial charge in [-0.2, -0.15) is 0 Å². The van der Waals surface area contributed by atoms with E-state index in [-0.39, 0.29) is 0 Å². The predicted molar refractivity (Wildman–Crippen MR) is 64.0 cm³/mol. The van der Waals surface area contributed by atoms with Crippen LogP contribution in [-0.2, 0) is 6.42 Å². The fraction of sp³-hybridized carbons (Fsp3) is 0.727. The molecule has 1 fully saturated rings. The Bertz CT molecular complexity index is 269. The Balaban J connectivity index is 1.48. The molecule has 1 aliphatic carbocycles. The molecule has 0 bridgehead atoms. The van der Waals surface area contributed by atoms with Gasteiger partial charge in [-0.05, 0) is 31.7 Å². The summed E-state index contributed by atoms with van der Waals surface area (Å²) in [6.45, 7) is 2.06. The molecular weight excluding hydrogens is 206 g/mol. The van der Waals surface area contributed by atoms with E-state index in [1.165, 1.54) is 18.5 Å². The molecule has 1 unspecified atom stereocenters. The number of rotatable bonds is 7. The second-order valence-electron chi connectivity index (χ2n) is 4.27. The first kappa shape index (κ1) is 11.0. The average molecular weight is 225 g/mol. The predicted octanol–water partition coefficient (Wildman–Crippen LogP) is 1.40. The van der Waals surface area contributed by atoms with E-state index >= 15 is 0 Å². The van der Waals surface area contributed by atoms with Crippen LogP contribution in [0.1, 0.15) is 25.0 Å². The normalized spacial score (nSPS) is 17.9. The molecule has 0 saturated heterocycles. The number of hydrogen-bond donors (Lipinski definition) is 2. The van der Waals surface area contributed by atoms with Crippen LogP contribution in [0.25, 0.3) is 0 Å². The number of nitrogens with zero attached hydrogens (tertiary/aromatic N) is 1. The van der Waals surface area contributed by atoms with Crippen molar-refractivity contribution in [3.05, 3.63) is 16.6 Å². The van der Waals surface area contributed by atoms with Gasteiger partial charge in [0.25, 0.3) is 0 Å². The molecule has 0 aliphatic heterocycles. The average Bonchev–Trinajstić information content (AvgIpc) is 2.97. The van der Waals surface area contributed by atoms with Crippen LogP contribution in [-0.4, -0.2) is 24.1 Å². The Hall–Kier alpha value is -0.450. The number of nitrogens with one attached hydrogen (secondary N) is 1. The van der Waals surface area contributed by atoms with Crippen LogP contribution in [0.3, 0.4) is 0 Å². The molecule has 1 saturated carbocycles. The van der Waals surface area contributed by atoms with Gasteiger partial charge in [-0.15, -0.1) is 11.3 Å². The minimum Gasteiger partial charge on any atom is -0.327 e. The number of hydrogen-bond acceptors (Lipinski definition) is 4. The lowest BCUT2D eigenvalue weighted by Crippen LogP contribution is -2.29. The number of thiazole rings is 1. The zero-order chi connectivity index (χ0) is 10.5. The highest BCUT2D eigenvalue weighted by Gasteiger charge is 2.27. The van der Waals surface area contributed by atoms with Crippen molar-refractivity contribution in [1.82, 2.24) is 10.3 Å². The Kier molecular flexibility index (Phi) is 4.11. The van der Waals surface area contributed by atoms with Crippen molar-refractivity contribution in [2.45, 2.75) is 31.7 Å². The maximum atomic E-state index is 6.01. The largest absolute Gasteiger partial charge is 0.327 e. The molecule has 2 rings (SSSR count). The third-order valence-electron chi connectivity index (χ3n) is 2.92. The summed E-state index contributed by atoms with van der Waals surface area (Å²) in [6, 6.07) is 0.428. The molecule has 1 aromatic rings. The molecule has 3 N–H and O–H groups in total. The van der Waals surface area contributed by atoms with Crippen molar-refractivity contribution in [2.75, 3.05) is 13.1 Å². The van der Waals surface area contributed by atoms with Gasteiger partial charge >= 0.3 is 0 Å². The SMILES string of the molecule is NC(CCNCCc1cscn1)C1CC1. The topological polar surface area (TPSA) is 50.9 Å². The van der Waals surface area contributed by atoms with Crippen LogP contribution < -0.4 is 11.1 Å². The fourth-order valence-electron chi connectivity index (χ4n) is 1.73. The lowest BCUT2D eigenvalue weighted by atomic mass is 10.1. The molecule has 84 valence electrons. The van der Waals surface area contributed by atoms with Gasteiger partial charge in [0.15, 0.2) is 0 Å². The van der Waals surface area contributed by atoms with Crippen molar-refractivity contribution < 1.29 is 0 Å². The number of nitrogens with two attached hydrogens (primary N) is 1. The second kappa shape index (κ2) is 5.58. The molecule has 1 heterocycles. The van der Waals surface area contributed by atoms with Crippen molar-refractivity contribution in [3.8, 4) is 0 Å². The Morgan fingerprint density at radius 3 is 3.07 bits per heavy atom. The van der Waals surface area contributed by atoms with E-state index in [2.05, 4.69) is 15.7 Å². The summed E-state index contributed by atoms with van der Waals surface area (Å²) in [5.74, 6) is 0.824. The molecule has 15 heavy (non-hydrogen) atoms. The first-order valence-corrected chi connectivity index (χ1v) is 6.64. The van der Waals surface area contributed by atoms with E-state index in [0.29, 0.717) is 6.04 Å². The van der Waals surface area contributed by atoms with Gasteiger partial charge in [0.1, 0.15) is 0 Å². The van der Waals surface area contributed by atoms with Gasteiger partial charge < -0.3 is 11.1 Å². The van der Waals surface area contributed by atoms with Gasteiger partial charge in [-0.25, -0.2) is 4.98 Å². The highest BCUT2D eigenvalue weighted by molar-refractivity contribution is 7.07. The Morgan fingerprint density at radius 1 is 1.53 bits per heavy atom. The summed E-state index contributed by atoms with van der Waals surface area (Å²) in [7, 11) is 0. The Morgan fingerprint density at radius 2 is 2.40 bits per heavy atom. The van der Waals surface area contributed by atoms with Crippen LogP contribution in [0.15, 0.2) is 10.9 Å². The van der Waals surface area contributed by atoms with Crippen LogP contribution in [0, 0.1) is 5.92 Å². The molecule has 0 spiro atoms. The van der Waals surface area contributed by atoms with Crippen LogP contribution >= 0.6 is 11.3 Å². The fourth-order valence-corrected chi connectivity index (χ4v) is 2.32. The van der Waals surface area contributed by atoms with Crippen molar-refractivity contribution in [1.29, 1.82) is 0 Å². The lowest BCUT2D eigenvalue weighted by molar-refractivity contribution is 0.518. The monoisotopic (exact) mass is 225 g/mol. The van der Waals surface area contributed by atoms with E-state index in [1.807, 2.05) is 5.51 Å². The molecule has 1 aromatic heterocycles. The summed E-state index contributed by atoms with van der Waals surface area (Å²) in [5, 5.41) is 5.53. The van der Waals surface area contributed by atoms with E-state index < -0.39 is 0 Å². The van der Waals surface area contributed by atoms with Gasteiger partial charge in [0, 0.05) is 24.4 Å². The first-order valence-electron chi connectivity index (χ1n) is 5.69. The zero-order valence-corrected chi connectivity index (χ0v) is 9.80. The molecule has 0 aromatic carbocycles. The highest BCUT2D eigenvalue weighted by atomic mass is 32.1. The zero-order valence-electron chi connectivity index (χ0n) is 8.98. The standard InChI is InChI=1S/C11H19N3S/c12-11(9-1-2-9)4-6-13-5-3-10-7-15-8-14-10/h7-9,11,13H,1-6,12H2. The summed E-state index contributed by atoms with van der Waals surface area (Å²) in [4.78, 5) is 4.24. The van der Waals surface area contributed by atoms with Gasteiger partial charge in [-0.3, -0.25) is 0 Å². The molecule has 0 radical (unpaired) electrons. The molecule has 4 heteroatoms. The van der Waals surface area contributed by atoms with Crippen molar-refractivity contribution >= 4 is 11.3 Å². The van der Waals surface area contributed by atoms with E-state index in [9.17, 15) is 0 Å². The van der Waals surface area contributed by atoms with E-state index in [1.54, 1.807) is 11.3 Å². The number of aromatic nitrogens is 1. The minimum absolute atomic E-state index is 0.428. The summed E-state index contributed by atoms with van der Waals surface area (Å²) in [5.41, 5.74) is 9.09.